The highest BCUT2D eigenvalue weighted by Gasteiger charge is 2.33. The summed E-state index contributed by atoms with van der Waals surface area (Å²) in [6, 6.07) is 0.530. The highest BCUT2D eigenvalue weighted by Crippen LogP contribution is 2.38. The van der Waals surface area contributed by atoms with Crippen molar-refractivity contribution in [2.24, 2.45) is 0 Å². The number of carbonyl (C=O) groups is 1. The van der Waals surface area contributed by atoms with Crippen LogP contribution in [0.25, 0.3) is 0 Å². The van der Waals surface area contributed by atoms with Crippen LogP contribution in [0, 0.1) is 0 Å². The van der Waals surface area contributed by atoms with Gasteiger partial charge >= 0.3 is 0 Å². The molecule has 2 N–H and O–H groups in total. The van der Waals surface area contributed by atoms with E-state index in [1.54, 1.807) is 6.20 Å². The molecule has 21 heavy (non-hydrogen) atoms. The van der Waals surface area contributed by atoms with Crippen molar-refractivity contribution < 1.29 is 4.79 Å². The molecule has 4 rings (SSSR count). The van der Waals surface area contributed by atoms with E-state index < -0.39 is 0 Å². The molecule has 3 fully saturated rings. The van der Waals surface area contributed by atoms with Gasteiger partial charge in [0.15, 0.2) is 0 Å². The Bertz CT molecular complexity index is 518. The van der Waals surface area contributed by atoms with Gasteiger partial charge in [-0.15, -0.1) is 0 Å². The zero-order valence-electron chi connectivity index (χ0n) is 12.3. The van der Waals surface area contributed by atoms with E-state index in [1.165, 1.54) is 12.8 Å². The lowest BCUT2D eigenvalue weighted by Gasteiger charge is -2.32. The van der Waals surface area contributed by atoms with Crippen LogP contribution >= 0.6 is 0 Å². The van der Waals surface area contributed by atoms with E-state index in [0.29, 0.717) is 17.7 Å². The summed E-state index contributed by atoms with van der Waals surface area (Å²) in [5.74, 6) is 1.68. The van der Waals surface area contributed by atoms with Crippen LogP contribution in [-0.4, -0.2) is 71.0 Å². The Morgan fingerprint density at radius 3 is 2.76 bits per heavy atom. The SMILES string of the molecule is O=C(c1cnc(C2CC2)[nH]1)N1CCC(N2CCNCC2)C1. The maximum atomic E-state index is 12.6. The molecule has 2 aliphatic heterocycles. The molecule has 1 aliphatic carbocycles. The lowest BCUT2D eigenvalue weighted by Crippen LogP contribution is -2.49. The van der Waals surface area contributed by atoms with Gasteiger partial charge in [0.1, 0.15) is 11.5 Å². The molecule has 0 bridgehead atoms. The topological polar surface area (TPSA) is 64.3 Å². The zero-order valence-corrected chi connectivity index (χ0v) is 12.3. The molecule has 6 heteroatoms. The first kappa shape index (κ1) is 13.3. The molecule has 3 aliphatic rings. The zero-order chi connectivity index (χ0) is 14.2. The minimum Gasteiger partial charge on any atom is -0.338 e. The highest BCUT2D eigenvalue weighted by molar-refractivity contribution is 5.92. The number of hydrogen-bond acceptors (Lipinski definition) is 4. The number of likely N-dealkylation sites (tertiary alicyclic amines) is 1. The molecule has 2 saturated heterocycles. The van der Waals surface area contributed by atoms with Gasteiger partial charge in [0.05, 0.1) is 6.20 Å². The van der Waals surface area contributed by atoms with Gasteiger partial charge in [0.25, 0.3) is 5.91 Å². The predicted molar refractivity (Wildman–Crippen MR) is 79.3 cm³/mol. The number of aromatic amines is 1. The average molecular weight is 289 g/mol. The lowest BCUT2D eigenvalue weighted by molar-refractivity contribution is 0.0768. The highest BCUT2D eigenvalue weighted by atomic mass is 16.2. The Hall–Kier alpha value is -1.40. The number of H-pyrrole nitrogens is 1. The van der Waals surface area contributed by atoms with E-state index in [0.717, 1.165) is 51.5 Å². The number of nitrogens with zero attached hydrogens (tertiary/aromatic N) is 3. The van der Waals surface area contributed by atoms with Crippen LogP contribution in [0.2, 0.25) is 0 Å². The predicted octanol–water partition coefficient (Wildman–Crippen LogP) is 0.407. The van der Waals surface area contributed by atoms with Crippen molar-refractivity contribution in [2.45, 2.75) is 31.2 Å². The fraction of sp³-hybridized carbons (Fsp3) is 0.733. The third-order valence-corrected chi connectivity index (χ3v) is 4.91. The summed E-state index contributed by atoms with van der Waals surface area (Å²) in [7, 11) is 0. The number of carbonyl (C=O) groups excluding carboxylic acids is 1. The summed E-state index contributed by atoms with van der Waals surface area (Å²) in [4.78, 5) is 24.6. The van der Waals surface area contributed by atoms with Crippen LogP contribution in [0.4, 0.5) is 0 Å². The van der Waals surface area contributed by atoms with Gasteiger partial charge in [-0.1, -0.05) is 0 Å². The molecule has 0 spiro atoms. The second-order valence-electron chi connectivity index (χ2n) is 6.44. The molecule has 0 radical (unpaired) electrons. The van der Waals surface area contributed by atoms with Crippen molar-refractivity contribution in [3.8, 4) is 0 Å². The second kappa shape index (κ2) is 5.42. The van der Waals surface area contributed by atoms with Crippen molar-refractivity contribution in [1.82, 2.24) is 25.1 Å². The largest absolute Gasteiger partial charge is 0.338 e. The maximum absolute atomic E-state index is 12.6. The summed E-state index contributed by atoms with van der Waals surface area (Å²) < 4.78 is 0. The first-order chi connectivity index (χ1) is 10.3. The van der Waals surface area contributed by atoms with Crippen LogP contribution < -0.4 is 5.32 Å². The molecule has 114 valence electrons. The molecule has 3 heterocycles. The van der Waals surface area contributed by atoms with Gasteiger partial charge in [0.2, 0.25) is 0 Å². The van der Waals surface area contributed by atoms with E-state index in [1.807, 2.05) is 4.90 Å². The Morgan fingerprint density at radius 1 is 1.19 bits per heavy atom. The number of imidazole rings is 1. The standard InChI is InChI=1S/C15H23N5O/c21-15(13-9-17-14(18-13)11-1-2-11)20-6-3-12(10-20)19-7-4-16-5-8-19/h9,11-12,16H,1-8,10H2,(H,17,18). The van der Waals surface area contributed by atoms with Crippen LogP contribution in [0.3, 0.4) is 0 Å². The second-order valence-corrected chi connectivity index (χ2v) is 6.44. The monoisotopic (exact) mass is 289 g/mol. The molecule has 6 nitrogen and oxygen atoms in total. The number of rotatable bonds is 3. The first-order valence-electron chi connectivity index (χ1n) is 8.10. The van der Waals surface area contributed by atoms with E-state index in [4.69, 9.17) is 0 Å². The summed E-state index contributed by atoms with van der Waals surface area (Å²) >= 11 is 0. The third kappa shape index (κ3) is 2.70. The number of nitrogens with one attached hydrogen (secondary N) is 2. The van der Waals surface area contributed by atoms with Gasteiger partial charge in [-0.25, -0.2) is 4.98 Å². The average Bonchev–Trinajstić information content (AvgIpc) is 3.06. The Balaban J connectivity index is 1.38. The normalized spacial score (nSPS) is 27.2. The number of hydrogen-bond donors (Lipinski definition) is 2. The fourth-order valence-corrected chi connectivity index (χ4v) is 3.45. The molecule has 1 amide bonds. The van der Waals surface area contributed by atoms with Crippen LogP contribution in [0.1, 0.15) is 41.5 Å². The van der Waals surface area contributed by atoms with Crippen molar-refractivity contribution >= 4 is 5.91 Å². The first-order valence-corrected chi connectivity index (χ1v) is 8.10. The van der Waals surface area contributed by atoms with Crippen LogP contribution in [-0.2, 0) is 0 Å². The van der Waals surface area contributed by atoms with Gasteiger partial charge in [-0.05, 0) is 19.3 Å². The molecule has 0 aromatic carbocycles. The summed E-state index contributed by atoms with van der Waals surface area (Å²) in [6.07, 6.45) is 5.22. The van der Waals surface area contributed by atoms with Crippen molar-refractivity contribution in [1.29, 1.82) is 0 Å². The minimum atomic E-state index is 0.118. The van der Waals surface area contributed by atoms with Crippen LogP contribution in [0.5, 0.6) is 0 Å². The fourth-order valence-electron chi connectivity index (χ4n) is 3.45. The van der Waals surface area contributed by atoms with E-state index in [-0.39, 0.29) is 5.91 Å². The smallest absolute Gasteiger partial charge is 0.271 e. The van der Waals surface area contributed by atoms with Gasteiger partial charge < -0.3 is 15.2 Å². The van der Waals surface area contributed by atoms with E-state index >= 15 is 0 Å². The Kier molecular flexibility index (Phi) is 3.43. The van der Waals surface area contributed by atoms with E-state index in [9.17, 15) is 4.79 Å². The quantitative estimate of drug-likeness (QED) is 0.846. The Labute approximate surface area is 124 Å². The summed E-state index contributed by atoms with van der Waals surface area (Å²) in [5, 5.41) is 3.38. The van der Waals surface area contributed by atoms with E-state index in [2.05, 4.69) is 20.2 Å². The van der Waals surface area contributed by atoms with Crippen molar-refractivity contribution in [3.05, 3.63) is 17.7 Å². The lowest BCUT2D eigenvalue weighted by atomic mass is 10.2. The van der Waals surface area contributed by atoms with Crippen molar-refractivity contribution in [2.75, 3.05) is 39.3 Å². The van der Waals surface area contributed by atoms with Gasteiger partial charge in [-0.2, -0.15) is 0 Å². The minimum absolute atomic E-state index is 0.118. The molecule has 1 unspecified atom stereocenters. The number of aromatic nitrogens is 2. The number of piperazine rings is 1. The molecular formula is C15H23N5O. The molecule has 1 aromatic rings. The van der Waals surface area contributed by atoms with Gasteiger partial charge in [0, 0.05) is 51.2 Å². The van der Waals surface area contributed by atoms with Crippen molar-refractivity contribution in [3.63, 3.8) is 0 Å². The number of amides is 1. The maximum Gasteiger partial charge on any atom is 0.271 e. The molecule has 1 aromatic heterocycles. The van der Waals surface area contributed by atoms with Crippen LogP contribution in [0.15, 0.2) is 6.20 Å². The van der Waals surface area contributed by atoms with Gasteiger partial charge in [-0.3, -0.25) is 9.69 Å². The summed E-state index contributed by atoms with van der Waals surface area (Å²) in [5.41, 5.74) is 0.665. The molecular weight excluding hydrogens is 266 g/mol. The Morgan fingerprint density at radius 2 is 2.00 bits per heavy atom. The molecule has 1 atom stereocenters. The molecule has 1 saturated carbocycles. The third-order valence-electron chi connectivity index (χ3n) is 4.91. The summed E-state index contributed by atoms with van der Waals surface area (Å²) in [6.45, 7) is 6.05.